The van der Waals surface area contributed by atoms with Crippen molar-refractivity contribution in [3.05, 3.63) is 27.1 Å². The van der Waals surface area contributed by atoms with E-state index < -0.39 is 30.6 Å². The first-order valence-electron chi connectivity index (χ1n) is 8.76. The maximum Gasteiger partial charge on any atom is 0.332 e. The SMILES string of the molecule is [2H]c1nc2c(c(=O)n(CCCCC([2H])(C)O)c(=O)n2C)n1C([2H])([2H])[2H]. The molecule has 0 aliphatic rings. The van der Waals surface area contributed by atoms with Gasteiger partial charge in [-0.15, -0.1) is 0 Å². The van der Waals surface area contributed by atoms with Crippen LogP contribution in [0.1, 0.15) is 33.0 Å². The average Bonchev–Trinajstić information content (AvgIpc) is 2.80. The van der Waals surface area contributed by atoms with Gasteiger partial charge in [0.1, 0.15) is 1.37 Å². The van der Waals surface area contributed by atoms with Crippen LogP contribution in [0.5, 0.6) is 0 Å². The van der Waals surface area contributed by atoms with Crippen molar-refractivity contribution in [3.8, 4) is 0 Å². The van der Waals surface area contributed by atoms with E-state index in [4.69, 9.17) is 6.85 Å². The van der Waals surface area contributed by atoms with Crippen LogP contribution in [0.25, 0.3) is 11.2 Å². The zero-order chi connectivity index (χ0) is 19.2. The van der Waals surface area contributed by atoms with Crippen molar-refractivity contribution >= 4 is 11.2 Å². The van der Waals surface area contributed by atoms with Crippen LogP contribution in [-0.4, -0.2) is 29.9 Å². The third-order valence-corrected chi connectivity index (χ3v) is 3.14. The maximum atomic E-state index is 12.6. The molecule has 1 N–H and O–H groups in total. The molecule has 2 heterocycles. The highest BCUT2D eigenvalue weighted by Gasteiger charge is 2.14. The summed E-state index contributed by atoms with van der Waals surface area (Å²) in [5, 5.41) is 9.38. The van der Waals surface area contributed by atoms with E-state index in [0.29, 0.717) is 17.4 Å². The van der Waals surface area contributed by atoms with Crippen LogP contribution < -0.4 is 11.2 Å². The van der Waals surface area contributed by atoms with Crippen molar-refractivity contribution in [1.29, 1.82) is 0 Å². The van der Waals surface area contributed by atoms with Gasteiger partial charge in [0.15, 0.2) is 11.2 Å². The number of hydrogen-bond acceptors (Lipinski definition) is 4. The van der Waals surface area contributed by atoms with Crippen LogP contribution >= 0.6 is 0 Å². The van der Waals surface area contributed by atoms with Crippen LogP contribution in [0.15, 0.2) is 15.9 Å². The fraction of sp³-hybridized carbons (Fsp3) is 0.615. The summed E-state index contributed by atoms with van der Waals surface area (Å²) in [6.45, 7) is -1.42. The van der Waals surface area contributed by atoms with Gasteiger partial charge >= 0.3 is 5.69 Å². The molecular weight excluding hydrogens is 260 g/mol. The molecule has 0 aliphatic carbocycles. The predicted molar refractivity (Wildman–Crippen MR) is 75.7 cm³/mol. The Morgan fingerprint density at radius 1 is 1.55 bits per heavy atom. The molecule has 0 aliphatic heterocycles. The molecule has 7 nitrogen and oxygen atoms in total. The third-order valence-electron chi connectivity index (χ3n) is 3.14. The minimum atomic E-state index is -2.77. The second kappa shape index (κ2) is 5.62. The lowest BCUT2D eigenvalue weighted by Gasteiger charge is -2.09. The number of unbranched alkanes of at least 4 members (excludes halogenated alkanes) is 1. The van der Waals surface area contributed by atoms with E-state index in [1.807, 2.05) is 0 Å². The van der Waals surface area contributed by atoms with Crippen LogP contribution in [0.4, 0.5) is 0 Å². The fourth-order valence-corrected chi connectivity index (χ4v) is 2.06. The van der Waals surface area contributed by atoms with Gasteiger partial charge in [-0.05, 0) is 26.2 Å². The van der Waals surface area contributed by atoms with Crippen molar-refractivity contribution in [1.82, 2.24) is 18.7 Å². The van der Waals surface area contributed by atoms with Crippen molar-refractivity contribution in [2.24, 2.45) is 14.0 Å². The molecule has 0 saturated heterocycles. The van der Waals surface area contributed by atoms with E-state index in [0.717, 1.165) is 9.13 Å². The molecular formula is C13H20N4O3. The average molecular weight is 285 g/mol. The van der Waals surface area contributed by atoms with Crippen molar-refractivity contribution < 1.29 is 12.0 Å². The van der Waals surface area contributed by atoms with Gasteiger partial charge in [0.25, 0.3) is 5.56 Å². The zero-order valence-corrected chi connectivity index (χ0v) is 11.4. The predicted octanol–water partition coefficient (Wildman–Crippen LogP) is -0.0152. The van der Waals surface area contributed by atoms with E-state index in [1.54, 1.807) is 0 Å². The van der Waals surface area contributed by atoms with Gasteiger partial charge in [-0.3, -0.25) is 13.9 Å². The Hall–Kier alpha value is -1.89. The first-order valence-corrected chi connectivity index (χ1v) is 6.26. The number of hydrogen-bond donors (Lipinski definition) is 1. The molecule has 0 aromatic carbocycles. The zero-order valence-electron chi connectivity index (χ0n) is 16.4. The Bertz CT molecular complexity index is 904. The lowest BCUT2D eigenvalue weighted by molar-refractivity contribution is 0.180. The largest absolute Gasteiger partial charge is 0.393 e. The summed E-state index contributed by atoms with van der Waals surface area (Å²) < 4.78 is 40.0. The molecule has 0 bridgehead atoms. The monoisotopic (exact) mass is 285 g/mol. The van der Waals surface area contributed by atoms with E-state index in [2.05, 4.69) is 4.98 Å². The van der Waals surface area contributed by atoms with E-state index in [1.165, 1.54) is 14.0 Å². The van der Waals surface area contributed by atoms with Gasteiger partial charge in [-0.2, -0.15) is 0 Å². The lowest BCUT2D eigenvalue weighted by Crippen LogP contribution is -2.39. The molecule has 0 saturated carbocycles. The Morgan fingerprint density at radius 3 is 2.95 bits per heavy atom. The van der Waals surface area contributed by atoms with Crippen LogP contribution in [0, 0.1) is 0 Å². The summed E-state index contributed by atoms with van der Waals surface area (Å²) in [4.78, 5) is 28.7. The van der Waals surface area contributed by atoms with Gasteiger partial charge in [0.05, 0.1) is 13.8 Å². The van der Waals surface area contributed by atoms with Crippen LogP contribution in [0.2, 0.25) is 0 Å². The molecule has 7 heteroatoms. The quantitative estimate of drug-likeness (QED) is 0.783. The summed E-state index contributed by atoms with van der Waals surface area (Å²) in [7, 11) is 1.35. The number of nitrogens with zero attached hydrogens (tertiary/aromatic N) is 4. The fourth-order valence-electron chi connectivity index (χ4n) is 2.06. The molecule has 2 rings (SSSR count). The van der Waals surface area contributed by atoms with Crippen molar-refractivity contribution in [3.63, 3.8) is 0 Å². The Kier molecular flexibility index (Phi) is 2.56. The molecule has 2 aromatic rings. The summed E-state index contributed by atoms with van der Waals surface area (Å²) >= 11 is 0. The minimum Gasteiger partial charge on any atom is -0.393 e. The van der Waals surface area contributed by atoms with E-state index in [9.17, 15) is 14.7 Å². The van der Waals surface area contributed by atoms with Gasteiger partial charge in [0, 0.05) is 24.7 Å². The molecule has 0 fully saturated rings. The highest BCUT2D eigenvalue weighted by molar-refractivity contribution is 5.69. The van der Waals surface area contributed by atoms with Crippen LogP contribution in [0.3, 0.4) is 0 Å². The summed E-state index contributed by atoms with van der Waals surface area (Å²) in [6, 6.07) is 0. The third kappa shape index (κ3) is 2.53. The Balaban J connectivity index is 2.52. The van der Waals surface area contributed by atoms with Crippen LogP contribution in [-0.2, 0) is 20.6 Å². The highest BCUT2D eigenvalue weighted by Crippen LogP contribution is 2.04. The van der Waals surface area contributed by atoms with Crippen molar-refractivity contribution in [2.75, 3.05) is 0 Å². The molecule has 20 heavy (non-hydrogen) atoms. The van der Waals surface area contributed by atoms with E-state index in [-0.39, 0.29) is 24.1 Å². The summed E-state index contributed by atoms with van der Waals surface area (Å²) in [5.41, 5.74) is -1.95. The van der Waals surface area contributed by atoms with Gasteiger partial charge in [-0.1, -0.05) is 0 Å². The molecule has 1 atom stereocenters. The van der Waals surface area contributed by atoms with Gasteiger partial charge in [-0.25, -0.2) is 9.78 Å². The topological polar surface area (TPSA) is 82.1 Å². The number of imidazole rings is 1. The Labute approximate surface area is 123 Å². The summed E-state index contributed by atoms with van der Waals surface area (Å²) in [5.74, 6) is 0. The molecule has 2 aromatic heterocycles. The number of fused-ring (bicyclic) bond motifs is 1. The first kappa shape index (κ1) is 9.12. The second-order valence-electron chi connectivity index (χ2n) is 4.71. The Morgan fingerprint density at radius 2 is 2.30 bits per heavy atom. The molecule has 110 valence electrons. The molecule has 0 radical (unpaired) electrons. The maximum absolute atomic E-state index is 12.6. The number of aliphatic hydroxyl groups is 1. The minimum absolute atomic E-state index is 0.0110. The number of rotatable bonds is 5. The van der Waals surface area contributed by atoms with Crippen molar-refractivity contribution in [2.45, 2.75) is 38.8 Å². The van der Waals surface area contributed by atoms with Gasteiger partial charge < -0.3 is 9.67 Å². The number of aryl methyl sites for hydroxylation is 2. The summed E-state index contributed by atoms with van der Waals surface area (Å²) in [6.07, 6.45) is -1.27. The normalized spacial score (nSPS) is 18.9. The smallest absolute Gasteiger partial charge is 0.332 e. The lowest BCUT2D eigenvalue weighted by atomic mass is 10.2. The molecule has 0 amide bonds. The standard InChI is InChI=1S/C13H20N4O3/c1-9(18)6-4-5-7-17-12(19)10-11(14-8-15(10)2)16(3)13(17)20/h8-9,18H,4-7H2,1-3H3/i2D3,8D,9D. The van der Waals surface area contributed by atoms with E-state index >= 15 is 0 Å². The molecule has 1 unspecified atom stereocenters. The number of aromatic nitrogens is 4. The molecule has 0 spiro atoms. The second-order valence-corrected chi connectivity index (χ2v) is 4.71. The van der Waals surface area contributed by atoms with Gasteiger partial charge in [0.2, 0.25) is 0 Å². The first-order chi connectivity index (χ1) is 11.3. The highest BCUT2D eigenvalue weighted by atomic mass is 16.3.